The summed E-state index contributed by atoms with van der Waals surface area (Å²) in [4.78, 5) is 53.6. The Morgan fingerprint density at radius 3 is 2.52 bits per heavy atom. The standard InChI is InChI=1S/C58H67FN10O7S/c1-5-37-7-6-8-39-23-42(70)24-44(50(37)39)52-51(59)53-45(27-61-52)55(68-28-40-13-14-41(29-68)63-40)65-58(64-53)74-22-21-67-19-16-36(17-20-67)31-75-48-26-47(76-66-48)49(33(2)3)57(73)69-30-43(71)25-46(69)56(72)60-18-15-35-9-11-38(12-10-35)54-34(4)62-32-77-54/h6-12,23-24,26-27,32-33,36,40-41,43,46,49,63,70-71H,5,13-22,25,28-31H2,1-4H3,(H,60,72)/t40?,41?,43?,46?,49-/m0/s1. The molecule has 4 N–H and O–H groups in total. The number of aryl methyl sites for hydroxylation is 2. The molecular formula is C58H67FN10O7S. The van der Waals surface area contributed by atoms with Gasteiger partial charge in [0.25, 0.3) is 5.88 Å². The Morgan fingerprint density at radius 2 is 1.78 bits per heavy atom. The number of fused-ring (bicyclic) bond motifs is 4. The number of carbonyl (C=O) groups is 2. The van der Waals surface area contributed by atoms with Gasteiger partial charge in [-0.05, 0) is 115 Å². The van der Waals surface area contributed by atoms with E-state index >= 15 is 4.39 Å². The summed E-state index contributed by atoms with van der Waals surface area (Å²) in [5.74, 6) is -0.559. The van der Waals surface area contributed by atoms with Gasteiger partial charge in [0.15, 0.2) is 11.6 Å². The number of nitrogens with one attached hydrogen (secondary N) is 2. The van der Waals surface area contributed by atoms with Crippen molar-refractivity contribution in [1.82, 2.24) is 45.5 Å². The number of ether oxygens (including phenoxy) is 2. The van der Waals surface area contributed by atoms with E-state index < -0.39 is 23.9 Å². The predicted molar refractivity (Wildman–Crippen MR) is 293 cm³/mol. The second kappa shape index (κ2) is 22.7. The first-order valence-corrected chi connectivity index (χ1v) is 28.1. The molecule has 0 saturated carbocycles. The molecule has 404 valence electrons. The zero-order valence-electron chi connectivity index (χ0n) is 44.1. The summed E-state index contributed by atoms with van der Waals surface area (Å²) in [7, 11) is 0. The van der Waals surface area contributed by atoms with Crippen molar-refractivity contribution < 1.29 is 38.2 Å². The van der Waals surface area contributed by atoms with E-state index in [9.17, 15) is 19.8 Å². The van der Waals surface area contributed by atoms with E-state index in [0.717, 1.165) is 96.3 Å². The molecule has 0 spiro atoms. The average Bonchev–Trinajstić information content (AvgIpc) is 4.31. The average molecular weight is 1070 g/mol. The smallest absolute Gasteiger partial charge is 0.319 e. The highest BCUT2D eigenvalue weighted by atomic mass is 32.1. The second-order valence-electron chi connectivity index (χ2n) is 21.6. The lowest BCUT2D eigenvalue weighted by Gasteiger charge is -2.34. The van der Waals surface area contributed by atoms with Gasteiger partial charge in [0.2, 0.25) is 11.8 Å². The number of aliphatic hydroxyl groups is 1. The molecule has 17 nitrogen and oxygen atoms in total. The van der Waals surface area contributed by atoms with Crippen LogP contribution in [0.4, 0.5) is 10.2 Å². The molecule has 2 bridgehead atoms. The topological polar surface area (TPSA) is 204 Å². The highest BCUT2D eigenvalue weighted by Crippen LogP contribution is 2.40. The van der Waals surface area contributed by atoms with E-state index in [0.29, 0.717) is 73.2 Å². The fourth-order valence-corrected chi connectivity index (χ4v) is 12.7. The monoisotopic (exact) mass is 1070 g/mol. The maximum atomic E-state index is 17.1. The molecule has 8 heterocycles. The second-order valence-corrected chi connectivity index (χ2v) is 22.4. The largest absolute Gasteiger partial charge is 0.508 e. The minimum atomic E-state index is -0.824. The van der Waals surface area contributed by atoms with Gasteiger partial charge >= 0.3 is 6.01 Å². The van der Waals surface area contributed by atoms with E-state index in [2.05, 4.69) is 61.8 Å². The number of aromatic hydroxyl groups is 1. The van der Waals surface area contributed by atoms with Gasteiger partial charge in [0.05, 0.1) is 34.2 Å². The lowest BCUT2D eigenvalue weighted by atomic mass is 9.91. The lowest BCUT2D eigenvalue weighted by Crippen LogP contribution is -2.51. The van der Waals surface area contributed by atoms with Crippen LogP contribution in [0.15, 0.2) is 76.9 Å². The Kier molecular flexibility index (Phi) is 15.4. The summed E-state index contributed by atoms with van der Waals surface area (Å²) >= 11 is 1.61. The van der Waals surface area contributed by atoms with Crippen LogP contribution in [-0.2, 0) is 22.4 Å². The van der Waals surface area contributed by atoms with Crippen molar-refractivity contribution in [3.8, 4) is 39.3 Å². The van der Waals surface area contributed by atoms with E-state index in [1.54, 1.807) is 35.7 Å². The number of piperidine rings is 1. The number of aromatic nitrogens is 5. The van der Waals surface area contributed by atoms with Gasteiger partial charge in [-0.2, -0.15) is 9.97 Å². The number of nitrogens with zero attached hydrogens (tertiary/aromatic N) is 8. The van der Waals surface area contributed by atoms with Crippen LogP contribution in [0.5, 0.6) is 17.6 Å². The van der Waals surface area contributed by atoms with E-state index in [1.165, 1.54) is 4.90 Å². The van der Waals surface area contributed by atoms with Gasteiger partial charge in [-0.25, -0.2) is 9.37 Å². The Hall–Kier alpha value is -6.80. The number of thiazole rings is 1. The third-order valence-corrected chi connectivity index (χ3v) is 16.9. The maximum Gasteiger partial charge on any atom is 0.319 e. The molecule has 0 radical (unpaired) electrons. The molecule has 2 amide bonds. The number of amides is 2. The number of piperazine rings is 1. The SMILES string of the molecule is CCc1cccc2cc(O)cc(-c3ncc4c(N5CC6CCC(C5)N6)nc(OCCN5CCC(COc6cc([C@@H](C(=O)N7CC(O)CC7C(=O)NCCc7ccc(-c8scnc8C)cc7)C(C)C)on6)CC5)nc4c3F)c12. The van der Waals surface area contributed by atoms with Crippen LogP contribution in [0.2, 0.25) is 0 Å². The van der Waals surface area contributed by atoms with Gasteiger partial charge in [0, 0.05) is 69.1 Å². The number of likely N-dealkylation sites (tertiary alicyclic amines) is 2. The number of aliphatic hydroxyl groups excluding tert-OH is 1. The Labute approximate surface area is 451 Å². The molecule has 19 heteroatoms. The van der Waals surface area contributed by atoms with Crippen molar-refractivity contribution in [2.75, 3.05) is 63.9 Å². The third-order valence-electron chi connectivity index (χ3n) is 15.9. The molecule has 4 unspecified atom stereocenters. The summed E-state index contributed by atoms with van der Waals surface area (Å²) in [5, 5.41) is 34.5. The van der Waals surface area contributed by atoms with Crippen molar-refractivity contribution in [1.29, 1.82) is 0 Å². The molecule has 3 aromatic carbocycles. The summed E-state index contributed by atoms with van der Waals surface area (Å²) in [6.07, 6.45) is 6.24. The van der Waals surface area contributed by atoms with Crippen LogP contribution in [0.1, 0.15) is 81.4 Å². The number of phenolic OH excluding ortho intramolecular Hbond substituents is 1. The lowest BCUT2D eigenvalue weighted by molar-refractivity contribution is -0.140. The van der Waals surface area contributed by atoms with E-state index in [1.807, 2.05) is 44.5 Å². The third kappa shape index (κ3) is 11.2. The molecule has 77 heavy (non-hydrogen) atoms. The first-order chi connectivity index (χ1) is 37.4. The summed E-state index contributed by atoms with van der Waals surface area (Å²) < 4.78 is 35.3. The molecule has 4 fully saturated rings. The normalized spacial score (nSPS) is 20.4. The number of halogens is 1. The highest BCUT2D eigenvalue weighted by Gasteiger charge is 2.43. The number of β-amino-alcohol motifs (C(OH)–C–C–N with tert-alkyl or cyclic N) is 1. The number of carbonyl (C=O) groups excluding carboxylic acids is 2. The molecule has 4 saturated heterocycles. The number of anilines is 1. The Morgan fingerprint density at radius 1 is 0.987 bits per heavy atom. The van der Waals surface area contributed by atoms with Gasteiger partial charge in [-0.3, -0.25) is 19.5 Å². The number of pyridine rings is 1. The van der Waals surface area contributed by atoms with Crippen LogP contribution in [0, 0.1) is 24.6 Å². The Bertz CT molecular complexity index is 3240. The first kappa shape index (κ1) is 52.3. The van der Waals surface area contributed by atoms with Crippen LogP contribution in [0.25, 0.3) is 43.4 Å². The van der Waals surface area contributed by atoms with Crippen molar-refractivity contribution in [3.63, 3.8) is 0 Å². The molecule has 4 aromatic heterocycles. The van der Waals surface area contributed by atoms with Crippen LogP contribution in [0.3, 0.4) is 0 Å². The molecule has 4 aliphatic heterocycles. The maximum absolute atomic E-state index is 17.1. The predicted octanol–water partition coefficient (Wildman–Crippen LogP) is 7.84. The van der Waals surface area contributed by atoms with Crippen LogP contribution >= 0.6 is 11.3 Å². The number of phenols is 1. The minimum absolute atomic E-state index is 0.0313. The van der Waals surface area contributed by atoms with Crippen molar-refractivity contribution >= 4 is 50.6 Å². The fourth-order valence-electron chi connectivity index (χ4n) is 11.9. The van der Waals surface area contributed by atoms with Crippen molar-refractivity contribution in [2.45, 2.75) is 103 Å². The molecular weight excluding hydrogens is 1000 g/mol. The molecule has 11 rings (SSSR count). The van der Waals surface area contributed by atoms with Gasteiger partial charge in [-0.15, -0.1) is 11.3 Å². The molecule has 0 aliphatic carbocycles. The molecule has 7 aromatic rings. The number of benzene rings is 3. The minimum Gasteiger partial charge on any atom is -0.508 e. The first-order valence-electron chi connectivity index (χ1n) is 27.2. The highest BCUT2D eigenvalue weighted by molar-refractivity contribution is 7.13. The summed E-state index contributed by atoms with van der Waals surface area (Å²) in [6.45, 7) is 12.8. The zero-order valence-corrected chi connectivity index (χ0v) is 44.9. The summed E-state index contributed by atoms with van der Waals surface area (Å²) in [5.41, 5.74) is 6.81. The van der Waals surface area contributed by atoms with Gasteiger partial charge in [-0.1, -0.05) is 63.2 Å². The van der Waals surface area contributed by atoms with E-state index in [4.69, 9.17) is 28.9 Å². The number of hydrogen-bond donors (Lipinski definition) is 4. The summed E-state index contributed by atoms with van der Waals surface area (Å²) in [6, 6.07) is 19.0. The van der Waals surface area contributed by atoms with Crippen molar-refractivity contribution in [3.05, 3.63) is 101 Å². The van der Waals surface area contributed by atoms with E-state index in [-0.39, 0.29) is 59.6 Å². The van der Waals surface area contributed by atoms with Crippen LogP contribution in [-0.4, -0.2) is 140 Å². The van der Waals surface area contributed by atoms with Crippen molar-refractivity contribution in [2.24, 2.45) is 11.8 Å². The van der Waals surface area contributed by atoms with Gasteiger partial charge < -0.3 is 44.6 Å². The Balaban J connectivity index is 0.688. The molecule has 4 aliphatic rings. The fraction of sp³-hybridized carbons (Fsp3) is 0.466. The quantitative estimate of drug-likeness (QED) is 0.0646. The number of rotatable bonds is 18. The van der Waals surface area contributed by atoms with Crippen LogP contribution < -0.4 is 25.0 Å². The number of hydrogen-bond acceptors (Lipinski definition) is 16. The van der Waals surface area contributed by atoms with Gasteiger partial charge in [0.1, 0.15) is 41.3 Å². The molecule has 5 atom stereocenters. The zero-order chi connectivity index (χ0) is 53.3.